The Labute approximate surface area is 96.2 Å². The summed E-state index contributed by atoms with van der Waals surface area (Å²) in [7, 11) is 1.33. The molecule has 1 amide bonds. The molecule has 0 unspecified atom stereocenters. The van der Waals surface area contributed by atoms with E-state index in [-0.39, 0.29) is 0 Å². The van der Waals surface area contributed by atoms with Crippen LogP contribution >= 0.6 is 11.5 Å². The van der Waals surface area contributed by atoms with E-state index in [9.17, 15) is 4.79 Å². The molecule has 0 fully saturated rings. The summed E-state index contributed by atoms with van der Waals surface area (Å²) in [5.41, 5.74) is 1.71. The van der Waals surface area contributed by atoms with Gasteiger partial charge in [-0.15, -0.1) is 5.10 Å². The van der Waals surface area contributed by atoms with Crippen LogP contribution in [0.2, 0.25) is 0 Å². The predicted molar refractivity (Wildman–Crippen MR) is 61.4 cm³/mol. The number of hydrogen-bond acceptors (Lipinski definition) is 5. The molecular weight excluding hydrogens is 226 g/mol. The van der Waals surface area contributed by atoms with Crippen molar-refractivity contribution in [3.63, 3.8) is 0 Å². The van der Waals surface area contributed by atoms with Gasteiger partial charge in [0.2, 0.25) is 0 Å². The first kappa shape index (κ1) is 10.6. The number of ether oxygens (including phenoxy) is 1. The van der Waals surface area contributed by atoms with E-state index < -0.39 is 6.09 Å². The highest BCUT2D eigenvalue weighted by Crippen LogP contribution is 2.23. The topological polar surface area (TPSA) is 64.1 Å². The summed E-state index contributed by atoms with van der Waals surface area (Å²) in [6.45, 7) is 0. The Morgan fingerprint density at radius 2 is 2.12 bits per heavy atom. The van der Waals surface area contributed by atoms with Gasteiger partial charge in [0.05, 0.1) is 18.2 Å². The Kier molecular flexibility index (Phi) is 3.11. The van der Waals surface area contributed by atoms with E-state index in [2.05, 4.69) is 19.6 Å². The van der Waals surface area contributed by atoms with Crippen molar-refractivity contribution in [3.05, 3.63) is 30.5 Å². The lowest BCUT2D eigenvalue weighted by Crippen LogP contribution is -2.10. The third-order valence-electron chi connectivity index (χ3n) is 1.96. The molecule has 5 nitrogen and oxygen atoms in total. The highest BCUT2D eigenvalue weighted by Gasteiger charge is 2.02. The number of hydrogen-bond donors (Lipinski definition) is 1. The van der Waals surface area contributed by atoms with Crippen LogP contribution < -0.4 is 5.32 Å². The number of benzene rings is 1. The number of rotatable bonds is 2. The normalized spacial score (nSPS) is 9.81. The van der Waals surface area contributed by atoms with Gasteiger partial charge < -0.3 is 4.74 Å². The lowest BCUT2D eigenvalue weighted by Gasteiger charge is -2.03. The van der Waals surface area contributed by atoms with E-state index in [1.165, 1.54) is 18.6 Å². The van der Waals surface area contributed by atoms with Crippen molar-refractivity contribution in [2.45, 2.75) is 0 Å². The lowest BCUT2D eigenvalue weighted by atomic mass is 10.2. The molecule has 0 saturated carbocycles. The number of anilines is 1. The van der Waals surface area contributed by atoms with Gasteiger partial charge >= 0.3 is 6.09 Å². The number of methoxy groups -OCH3 is 1. The van der Waals surface area contributed by atoms with Gasteiger partial charge in [-0.3, -0.25) is 5.32 Å². The van der Waals surface area contributed by atoms with Crippen molar-refractivity contribution in [1.82, 2.24) is 9.59 Å². The van der Waals surface area contributed by atoms with E-state index >= 15 is 0 Å². The molecule has 0 spiro atoms. The zero-order valence-electron chi connectivity index (χ0n) is 8.51. The average molecular weight is 235 g/mol. The Morgan fingerprint density at radius 3 is 2.69 bits per heavy atom. The van der Waals surface area contributed by atoms with Crippen LogP contribution in [0.1, 0.15) is 0 Å². The van der Waals surface area contributed by atoms with E-state index in [0.29, 0.717) is 5.69 Å². The van der Waals surface area contributed by atoms with Crippen LogP contribution in [0.5, 0.6) is 0 Å². The Balaban J connectivity index is 2.14. The fourth-order valence-electron chi connectivity index (χ4n) is 1.18. The van der Waals surface area contributed by atoms with Crippen LogP contribution in [0.15, 0.2) is 30.5 Å². The van der Waals surface area contributed by atoms with Crippen LogP contribution in [0, 0.1) is 0 Å². The minimum Gasteiger partial charge on any atom is -0.453 e. The van der Waals surface area contributed by atoms with Crippen LogP contribution in [0.4, 0.5) is 10.5 Å². The van der Waals surface area contributed by atoms with Crippen LogP contribution in [-0.2, 0) is 4.74 Å². The van der Waals surface area contributed by atoms with Crippen molar-refractivity contribution >= 4 is 23.3 Å². The monoisotopic (exact) mass is 235 g/mol. The molecule has 0 atom stereocenters. The highest BCUT2D eigenvalue weighted by molar-refractivity contribution is 7.09. The van der Waals surface area contributed by atoms with Gasteiger partial charge in [0.25, 0.3) is 0 Å². The molecule has 2 rings (SSSR count). The summed E-state index contributed by atoms with van der Waals surface area (Å²) in [5, 5.41) is 6.34. The van der Waals surface area contributed by atoms with E-state index in [0.717, 1.165) is 10.4 Å². The maximum absolute atomic E-state index is 10.9. The SMILES string of the molecule is COC(=O)Nc1ccc(-c2cnns2)cc1. The zero-order chi connectivity index (χ0) is 11.4. The molecule has 82 valence electrons. The fourth-order valence-corrected chi connectivity index (χ4v) is 1.70. The molecule has 1 aromatic heterocycles. The Hall–Kier alpha value is -1.95. The Morgan fingerprint density at radius 1 is 1.38 bits per heavy atom. The van der Waals surface area contributed by atoms with Gasteiger partial charge in [-0.2, -0.15) is 0 Å². The van der Waals surface area contributed by atoms with Crippen molar-refractivity contribution in [2.75, 3.05) is 12.4 Å². The quantitative estimate of drug-likeness (QED) is 0.868. The third-order valence-corrected chi connectivity index (χ3v) is 2.68. The molecule has 1 aromatic carbocycles. The van der Waals surface area contributed by atoms with Gasteiger partial charge in [0.1, 0.15) is 0 Å². The molecular formula is C10H9N3O2S. The maximum atomic E-state index is 10.9. The number of carbonyl (C=O) groups is 1. The summed E-state index contributed by atoms with van der Waals surface area (Å²) >= 11 is 1.33. The van der Waals surface area contributed by atoms with Crippen LogP contribution in [0.25, 0.3) is 10.4 Å². The molecule has 2 aromatic rings. The Bertz CT molecular complexity index is 467. The molecule has 0 saturated heterocycles. The number of nitrogens with zero attached hydrogens (tertiary/aromatic N) is 2. The third kappa shape index (κ3) is 2.34. The first-order valence-electron chi connectivity index (χ1n) is 4.52. The zero-order valence-corrected chi connectivity index (χ0v) is 9.32. The molecule has 0 radical (unpaired) electrons. The molecule has 0 aliphatic carbocycles. The number of amides is 1. The standard InChI is InChI=1S/C10H9N3O2S/c1-15-10(14)12-8-4-2-7(3-5-8)9-6-11-13-16-9/h2-6H,1H3,(H,12,14). The second-order valence-corrected chi connectivity index (χ2v) is 3.76. The maximum Gasteiger partial charge on any atom is 0.411 e. The molecule has 6 heteroatoms. The van der Waals surface area contributed by atoms with E-state index in [1.807, 2.05) is 12.1 Å². The molecule has 0 aliphatic rings. The lowest BCUT2D eigenvalue weighted by molar-refractivity contribution is 0.187. The molecule has 0 bridgehead atoms. The molecule has 1 heterocycles. The molecule has 16 heavy (non-hydrogen) atoms. The summed E-state index contributed by atoms with van der Waals surface area (Å²) in [4.78, 5) is 11.9. The van der Waals surface area contributed by atoms with Crippen molar-refractivity contribution < 1.29 is 9.53 Å². The van der Waals surface area contributed by atoms with Gasteiger partial charge in [0.15, 0.2) is 0 Å². The summed E-state index contributed by atoms with van der Waals surface area (Å²) in [5.74, 6) is 0. The number of aromatic nitrogens is 2. The summed E-state index contributed by atoms with van der Waals surface area (Å²) < 4.78 is 8.27. The largest absolute Gasteiger partial charge is 0.453 e. The first-order valence-corrected chi connectivity index (χ1v) is 5.29. The summed E-state index contributed by atoms with van der Waals surface area (Å²) in [6, 6.07) is 7.37. The minimum atomic E-state index is -0.479. The van der Waals surface area contributed by atoms with Gasteiger partial charge in [0, 0.05) is 5.69 Å². The van der Waals surface area contributed by atoms with E-state index in [1.54, 1.807) is 18.3 Å². The van der Waals surface area contributed by atoms with Crippen LogP contribution in [0.3, 0.4) is 0 Å². The second kappa shape index (κ2) is 4.71. The van der Waals surface area contributed by atoms with Gasteiger partial charge in [-0.05, 0) is 29.2 Å². The van der Waals surface area contributed by atoms with Crippen molar-refractivity contribution in [2.24, 2.45) is 0 Å². The smallest absolute Gasteiger partial charge is 0.411 e. The highest BCUT2D eigenvalue weighted by atomic mass is 32.1. The van der Waals surface area contributed by atoms with Crippen molar-refractivity contribution in [3.8, 4) is 10.4 Å². The minimum absolute atomic E-state index is 0.479. The fraction of sp³-hybridized carbons (Fsp3) is 0.100. The molecule has 0 aliphatic heterocycles. The number of nitrogens with one attached hydrogen (secondary N) is 1. The van der Waals surface area contributed by atoms with Gasteiger partial charge in [-0.1, -0.05) is 16.6 Å². The second-order valence-electron chi connectivity index (χ2n) is 2.98. The number of carbonyl (C=O) groups excluding carboxylic acids is 1. The van der Waals surface area contributed by atoms with E-state index in [4.69, 9.17) is 0 Å². The van der Waals surface area contributed by atoms with Gasteiger partial charge in [-0.25, -0.2) is 4.79 Å². The first-order chi connectivity index (χ1) is 7.79. The van der Waals surface area contributed by atoms with Crippen LogP contribution in [-0.4, -0.2) is 22.8 Å². The summed E-state index contributed by atoms with van der Waals surface area (Å²) in [6.07, 6.45) is 1.22. The average Bonchev–Trinajstić information content (AvgIpc) is 2.83. The van der Waals surface area contributed by atoms with Crippen molar-refractivity contribution in [1.29, 1.82) is 0 Å². The molecule has 1 N–H and O–H groups in total. The predicted octanol–water partition coefficient (Wildman–Crippen LogP) is 2.38.